The molecular weight excluding hydrogens is 232 g/mol. The lowest BCUT2D eigenvalue weighted by Gasteiger charge is -2.17. The summed E-state index contributed by atoms with van der Waals surface area (Å²) in [6.07, 6.45) is 0. The zero-order valence-electron chi connectivity index (χ0n) is 11.1. The van der Waals surface area contributed by atoms with Gasteiger partial charge >= 0.3 is 0 Å². The maximum Gasteiger partial charge on any atom is 0.253 e. The van der Waals surface area contributed by atoms with Crippen molar-refractivity contribution in [3.63, 3.8) is 0 Å². The molecule has 0 saturated heterocycles. The van der Waals surface area contributed by atoms with Gasteiger partial charge in [0.25, 0.3) is 5.91 Å². The Balaban J connectivity index is 2.71. The third-order valence-electron chi connectivity index (χ3n) is 2.60. The fourth-order valence-corrected chi connectivity index (χ4v) is 1.51. The molecule has 1 amide bonds. The van der Waals surface area contributed by atoms with E-state index in [1.165, 1.54) is 7.11 Å². The van der Waals surface area contributed by atoms with E-state index in [0.29, 0.717) is 36.8 Å². The summed E-state index contributed by atoms with van der Waals surface area (Å²) in [6.45, 7) is 3.66. The van der Waals surface area contributed by atoms with Gasteiger partial charge in [-0.3, -0.25) is 4.79 Å². The minimum Gasteiger partial charge on any atom is -0.495 e. The number of hydrogen-bond donors (Lipinski definition) is 1. The Bertz CT molecular complexity index is 407. The lowest BCUT2D eigenvalue weighted by molar-refractivity contribution is 0.0709. The van der Waals surface area contributed by atoms with Gasteiger partial charge in [0.05, 0.1) is 19.4 Å². The normalized spacial score (nSPS) is 10.2. The van der Waals surface area contributed by atoms with E-state index in [1.54, 1.807) is 30.1 Å². The number of nitrogens with two attached hydrogens (primary N) is 1. The van der Waals surface area contributed by atoms with E-state index >= 15 is 0 Å². The zero-order valence-corrected chi connectivity index (χ0v) is 11.1. The highest BCUT2D eigenvalue weighted by molar-refractivity contribution is 5.95. The number of methoxy groups -OCH3 is 1. The molecule has 0 aromatic heterocycles. The minimum atomic E-state index is -0.0759. The number of benzene rings is 1. The Morgan fingerprint density at radius 3 is 2.78 bits per heavy atom. The van der Waals surface area contributed by atoms with Gasteiger partial charge in [0.1, 0.15) is 5.75 Å². The number of carbonyl (C=O) groups is 1. The SMILES string of the molecule is CCOCCN(C)C(=O)c1ccc(N)c(OC)c1. The van der Waals surface area contributed by atoms with Crippen LogP contribution in [0, 0.1) is 0 Å². The lowest BCUT2D eigenvalue weighted by atomic mass is 10.1. The predicted molar refractivity (Wildman–Crippen MR) is 70.9 cm³/mol. The van der Waals surface area contributed by atoms with E-state index in [4.69, 9.17) is 15.2 Å². The van der Waals surface area contributed by atoms with Crippen molar-refractivity contribution in [3.05, 3.63) is 23.8 Å². The number of rotatable bonds is 6. The van der Waals surface area contributed by atoms with Gasteiger partial charge < -0.3 is 20.1 Å². The van der Waals surface area contributed by atoms with E-state index in [2.05, 4.69) is 0 Å². The molecule has 0 aliphatic rings. The molecule has 1 rings (SSSR count). The Labute approximate surface area is 107 Å². The standard InChI is InChI=1S/C13H20N2O3/c1-4-18-8-7-15(2)13(16)10-5-6-11(14)12(9-10)17-3/h5-6,9H,4,7-8,14H2,1-3H3. The third-order valence-corrected chi connectivity index (χ3v) is 2.60. The van der Waals surface area contributed by atoms with Crippen LogP contribution in [0.15, 0.2) is 18.2 Å². The van der Waals surface area contributed by atoms with Crippen molar-refractivity contribution in [2.24, 2.45) is 0 Å². The number of amides is 1. The van der Waals surface area contributed by atoms with Crippen LogP contribution in [0.3, 0.4) is 0 Å². The minimum absolute atomic E-state index is 0.0759. The van der Waals surface area contributed by atoms with Gasteiger partial charge in [0.2, 0.25) is 0 Å². The fraction of sp³-hybridized carbons (Fsp3) is 0.462. The average molecular weight is 252 g/mol. The van der Waals surface area contributed by atoms with Crippen molar-refractivity contribution in [1.82, 2.24) is 4.90 Å². The number of likely N-dealkylation sites (N-methyl/N-ethyl adjacent to an activating group) is 1. The van der Waals surface area contributed by atoms with Crippen LogP contribution < -0.4 is 10.5 Å². The molecule has 18 heavy (non-hydrogen) atoms. The molecule has 0 unspecified atom stereocenters. The number of nitrogens with zero attached hydrogens (tertiary/aromatic N) is 1. The number of nitrogen functional groups attached to an aromatic ring is 1. The van der Waals surface area contributed by atoms with Gasteiger partial charge in [0, 0.05) is 25.8 Å². The summed E-state index contributed by atoms with van der Waals surface area (Å²) in [4.78, 5) is 13.7. The lowest BCUT2D eigenvalue weighted by Crippen LogP contribution is -2.30. The first-order chi connectivity index (χ1) is 8.60. The van der Waals surface area contributed by atoms with Crippen LogP contribution in [0.1, 0.15) is 17.3 Å². The van der Waals surface area contributed by atoms with E-state index in [9.17, 15) is 4.79 Å². The molecule has 0 aliphatic heterocycles. The van der Waals surface area contributed by atoms with Crippen molar-refractivity contribution in [3.8, 4) is 5.75 Å². The highest BCUT2D eigenvalue weighted by Crippen LogP contribution is 2.22. The fourth-order valence-electron chi connectivity index (χ4n) is 1.51. The Morgan fingerprint density at radius 1 is 1.44 bits per heavy atom. The van der Waals surface area contributed by atoms with Gasteiger partial charge in [-0.25, -0.2) is 0 Å². The second kappa shape index (κ2) is 6.86. The Hall–Kier alpha value is -1.75. The first-order valence-electron chi connectivity index (χ1n) is 5.86. The van der Waals surface area contributed by atoms with Crippen LogP contribution in [0.25, 0.3) is 0 Å². The molecule has 5 heteroatoms. The molecular formula is C13H20N2O3. The molecule has 0 spiro atoms. The van der Waals surface area contributed by atoms with Crippen molar-refractivity contribution < 1.29 is 14.3 Å². The van der Waals surface area contributed by atoms with Crippen molar-refractivity contribution >= 4 is 11.6 Å². The maximum atomic E-state index is 12.1. The van der Waals surface area contributed by atoms with E-state index in [-0.39, 0.29) is 5.91 Å². The highest BCUT2D eigenvalue weighted by atomic mass is 16.5. The van der Waals surface area contributed by atoms with Crippen LogP contribution >= 0.6 is 0 Å². The van der Waals surface area contributed by atoms with Gasteiger partial charge in [-0.1, -0.05) is 0 Å². The number of anilines is 1. The summed E-state index contributed by atoms with van der Waals surface area (Å²) < 4.78 is 10.3. The van der Waals surface area contributed by atoms with E-state index in [0.717, 1.165) is 0 Å². The molecule has 2 N–H and O–H groups in total. The van der Waals surface area contributed by atoms with Gasteiger partial charge in [0.15, 0.2) is 0 Å². The largest absolute Gasteiger partial charge is 0.495 e. The molecule has 5 nitrogen and oxygen atoms in total. The molecule has 0 radical (unpaired) electrons. The van der Waals surface area contributed by atoms with Crippen LogP contribution in [-0.4, -0.2) is 44.7 Å². The quantitative estimate of drug-likeness (QED) is 0.613. The first kappa shape index (κ1) is 14.3. The number of carbonyl (C=O) groups excluding carboxylic acids is 1. The monoisotopic (exact) mass is 252 g/mol. The summed E-state index contributed by atoms with van der Waals surface area (Å²) in [6, 6.07) is 5.01. The van der Waals surface area contributed by atoms with Crippen LogP contribution in [-0.2, 0) is 4.74 Å². The average Bonchev–Trinajstić information content (AvgIpc) is 2.38. The second-order valence-electron chi connectivity index (χ2n) is 3.88. The van der Waals surface area contributed by atoms with Gasteiger partial charge in [-0.2, -0.15) is 0 Å². The summed E-state index contributed by atoms with van der Waals surface area (Å²) in [7, 11) is 3.27. The Kier molecular flexibility index (Phi) is 5.45. The number of hydrogen-bond acceptors (Lipinski definition) is 4. The van der Waals surface area contributed by atoms with Crippen molar-refractivity contribution in [2.45, 2.75) is 6.92 Å². The van der Waals surface area contributed by atoms with Gasteiger partial charge in [-0.15, -0.1) is 0 Å². The molecule has 0 bridgehead atoms. The predicted octanol–water partition coefficient (Wildman–Crippen LogP) is 1.39. The smallest absolute Gasteiger partial charge is 0.253 e. The Morgan fingerprint density at radius 2 is 2.17 bits per heavy atom. The van der Waals surface area contributed by atoms with Crippen molar-refractivity contribution in [2.75, 3.05) is 39.6 Å². The molecule has 0 aliphatic carbocycles. The summed E-state index contributed by atoms with van der Waals surface area (Å²) in [5.74, 6) is 0.437. The van der Waals surface area contributed by atoms with Crippen molar-refractivity contribution in [1.29, 1.82) is 0 Å². The molecule has 0 heterocycles. The summed E-state index contributed by atoms with van der Waals surface area (Å²) in [5.41, 5.74) is 6.78. The maximum absolute atomic E-state index is 12.1. The van der Waals surface area contributed by atoms with E-state index in [1.807, 2.05) is 6.92 Å². The van der Waals surface area contributed by atoms with E-state index < -0.39 is 0 Å². The topological polar surface area (TPSA) is 64.8 Å². The molecule has 0 fully saturated rings. The molecule has 100 valence electrons. The zero-order chi connectivity index (χ0) is 13.5. The molecule has 0 saturated carbocycles. The molecule has 0 atom stereocenters. The summed E-state index contributed by atoms with van der Waals surface area (Å²) in [5, 5.41) is 0. The third kappa shape index (κ3) is 3.63. The van der Waals surface area contributed by atoms with Crippen LogP contribution in [0.2, 0.25) is 0 Å². The summed E-state index contributed by atoms with van der Waals surface area (Å²) >= 11 is 0. The number of ether oxygens (including phenoxy) is 2. The molecule has 1 aromatic carbocycles. The second-order valence-corrected chi connectivity index (χ2v) is 3.88. The first-order valence-corrected chi connectivity index (χ1v) is 5.86. The van der Waals surface area contributed by atoms with Crippen LogP contribution in [0.4, 0.5) is 5.69 Å². The highest BCUT2D eigenvalue weighted by Gasteiger charge is 2.13. The molecule has 1 aromatic rings. The van der Waals surface area contributed by atoms with Crippen LogP contribution in [0.5, 0.6) is 5.75 Å². The van der Waals surface area contributed by atoms with Gasteiger partial charge in [-0.05, 0) is 25.1 Å².